The fourth-order valence-corrected chi connectivity index (χ4v) is 4.04. The first-order chi connectivity index (χ1) is 13.6. The van der Waals surface area contributed by atoms with Gasteiger partial charge in [0.1, 0.15) is 6.54 Å². The Bertz CT molecular complexity index is 1110. The molecule has 3 rings (SSSR count). The molecule has 0 bridgehead atoms. The molecule has 1 aliphatic rings. The number of sulfonamides is 1. The largest absolute Gasteiger partial charge is 0.325 e. The number of hydrogen-bond acceptors (Lipinski definition) is 6. The standard InChI is InChI=1S/C18H14BrN3O5S2/c19-12-3-1-11(2-4-12)9-15-17(24)22(18(25)28-15)10-16(23)21-13-5-7-14(8-6-13)29(20,26)27/h1-9H,10H2,(H,21,23)(H2,20,26,27). The molecule has 0 aromatic heterocycles. The number of nitrogens with zero attached hydrogens (tertiary/aromatic N) is 1. The van der Waals surface area contributed by atoms with Crippen LogP contribution in [0.25, 0.3) is 6.08 Å². The maximum absolute atomic E-state index is 12.5. The minimum Gasteiger partial charge on any atom is -0.325 e. The third-order valence-electron chi connectivity index (χ3n) is 3.81. The topological polar surface area (TPSA) is 127 Å². The van der Waals surface area contributed by atoms with Crippen LogP contribution in [0.3, 0.4) is 0 Å². The van der Waals surface area contributed by atoms with Crippen LogP contribution in [0.1, 0.15) is 5.56 Å². The van der Waals surface area contributed by atoms with E-state index in [1.54, 1.807) is 18.2 Å². The monoisotopic (exact) mass is 495 g/mol. The van der Waals surface area contributed by atoms with Crippen LogP contribution >= 0.6 is 27.7 Å². The van der Waals surface area contributed by atoms with Gasteiger partial charge >= 0.3 is 0 Å². The predicted molar refractivity (Wildman–Crippen MR) is 113 cm³/mol. The minimum atomic E-state index is -3.84. The van der Waals surface area contributed by atoms with Gasteiger partial charge in [0.15, 0.2) is 0 Å². The van der Waals surface area contributed by atoms with E-state index >= 15 is 0 Å². The molecule has 2 aromatic carbocycles. The van der Waals surface area contributed by atoms with E-state index in [-0.39, 0.29) is 9.80 Å². The van der Waals surface area contributed by atoms with Crippen molar-refractivity contribution in [3.63, 3.8) is 0 Å². The van der Waals surface area contributed by atoms with Crippen LogP contribution in [0.2, 0.25) is 0 Å². The van der Waals surface area contributed by atoms with Gasteiger partial charge in [-0.2, -0.15) is 0 Å². The third kappa shape index (κ3) is 5.32. The molecule has 1 aliphatic heterocycles. The van der Waals surface area contributed by atoms with E-state index in [1.165, 1.54) is 24.3 Å². The number of carbonyl (C=O) groups excluding carboxylic acids is 3. The average Bonchev–Trinajstić information content (AvgIpc) is 2.91. The summed E-state index contributed by atoms with van der Waals surface area (Å²) in [5.41, 5.74) is 1.05. The number of thioether (sulfide) groups is 1. The number of hydrogen-bond donors (Lipinski definition) is 2. The van der Waals surface area contributed by atoms with E-state index < -0.39 is 33.6 Å². The number of halogens is 1. The molecule has 29 heavy (non-hydrogen) atoms. The van der Waals surface area contributed by atoms with Gasteiger partial charge in [0.25, 0.3) is 11.1 Å². The summed E-state index contributed by atoms with van der Waals surface area (Å²) >= 11 is 4.08. The first kappa shape index (κ1) is 21.2. The van der Waals surface area contributed by atoms with Crippen LogP contribution in [-0.4, -0.2) is 36.9 Å². The zero-order valence-electron chi connectivity index (χ0n) is 14.7. The van der Waals surface area contributed by atoms with Crippen molar-refractivity contribution < 1.29 is 22.8 Å². The van der Waals surface area contributed by atoms with E-state index in [0.717, 1.165) is 26.7 Å². The molecule has 1 saturated heterocycles. The maximum Gasteiger partial charge on any atom is 0.294 e. The molecule has 0 atom stereocenters. The Labute approximate surface area is 179 Å². The van der Waals surface area contributed by atoms with Crippen molar-refractivity contribution in [1.29, 1.82) is 0 Å². The molecule has 11 heteroatoms. The number of nitrogens with two attached hydrogens (primary N) is 1. The summed E-state index contributed by atoms with van der Waals surface area (Å²) in [6, 6.07) is 12.4. The second kappa shape index (κ2) is 8.49. The van der Waals surface area contributed by atoms with E-state index in [0.29, 0.717) is 5.69 Å². The maximum atomic E-state index is 12.5. The van der Waals surface area contributed by atoms with E-state index in [1.807, 2.05) is 12.1 Å². The summed E-state index contributed by atoms with van der Waals surface area (Å²) in [7, 11) is -3.84. The lowest BCUT2D eigenvalue weighted by atomic mass is 10.2. The highest BCUT2D eigenvalue weighted by Crippen LogP contribution is 2.32. The molecule has 0 radical (unpaired) electrons. The molecule has 1 heterocycles. The second-order valence-electron chi connectivity index (χ2n) is 5.94. The second-order valence-corrected chi connectivity index (χ2v) is 9.41. The number of nitrogens with one attached hydrogen (secondary N) is 1. The molecular formula is C18H14BrN3O5S2. The smallest absolute Gasteiger partial charge is 0.294 e. The van der Waals surface area contributed by atoms with Crippen molar-refractivity contribution in [2.45, 2.75) is 4.90 Å². The van der Waals surface area contributed by atoms with Crippen molar-refractivity contribution in [3.8, 4) is 0 Å². The first-order valence-corrected chi connectivity index (χ1v) is 11.2. The van der Waals surface area contributed by atoms with Gasteiger partial charge in [-0.25, -0.2) is 13.6 Å². The highest BCUT2D eigenvalue weighted by Gasteiger charge is 2.36. The summed E-state index contributed by atoms with van der Waals surface area (Å²) in [6.45, 7) is -0.459. The van der Waals surface area contributed by atoms with Crippen LogP contribution in [0.5, 0.6) is 0 Å². The summed E-state index contributed by atoms with van der Waals surface area (Å²) < 4.78 is 23.4. The van der Waals surface area contributed by atoms with Crippen LogP contribution in [-0.2, 0) is 19.6 Å². The highest BCUT2D eigenvalue weighted by molar-refractivity contribution is 9.10. The van der Waals surface area contributed by atoms with Gasteiger partial charge in [-0.1, -0.05) is 28.1 Å². The number of carbonyl (C=O) groups is 3. The van der Waals surface area contributed by atoms with Crippen molar-refractivity contribution in [2.24, 2.45) is 5.14 Å². The number of benzene rings is 2. The van der Waals surface area contributed by atoms with Crippen LogP contribution < -0.4 is 10.5 Å². The Morgan fingerprint density at radius 1 is 1.10 bits per heavy atom. The number of anilines is 1. The number of rotatable bonds is 5. The molecule has 0 saturated carbocycles. The normalized spacial score (nSPS) is 15.8. The zero-order valence-corrected chi connectivity index (χ0v) is 17.9. The van der Waals surface area contributed by atoms with Crippen LogP contribution in [0.15, 0.2) is 62.8 Å². The van der Waals surface area contributed by atoms with Crippen LogP contribution in [0.4, 0.5) is 10.5 Å². The van der Waals surface area contributed by atoms with Gasteiger partial charge in [0.05, 0.1) is 9.80 Å². The molecule has 0 spiro atoms. The van der Waals surface area contributed by atoms with E-state index in [9.17, 15) is 22.8 Å². The Morgan fingerprint density at radius 2 is 1.72 bits per heavy atom. The molecule has 3 amide bonds. The molecule has 8 nitrogen and oxygen atoms in total. The lowest BCUT2D eigenvalue weighted by Crippen LogP contribution is -2.36. The van der Waals surface area contributed by atoms with E-state index in [4.69, 9.17) is 5.14 Å². The Morgan fingerprint density at radius 3 is 2.31 bits per heavy atom. The molecule has 150 valence electrons. The fraction of sp³-hybridized carbons (Fsp3) is 0.0556. The molecule has 0 unspecified atom stereocenters. The highest BCUT2D eigenvalue weighted by atomic mass is 79.9. The fourth-order valence-electron chi connectivity index (χ4n) is 2.42. The Hall–Kier alpha value is -2.47. The van der Waals surface area contributed by atoms with Gasteiger partial charge in [0, 0.05) is 10.2 Å². The summed E-state index contributed by atoms with van der Waals surface area (Å²) in [5.74, 6) is -1.15. The predicted octanol–water partition coefficient (Wildman–Crippen LogP) is 2.77. The quantitative estimate of drug-likeness (QED) is 0.613. The van der Waals surface area contributed by atoms with Crippen LogP contribution in [0, 0.1) is 0 Å². The molecule has 0 aliphatic carbocycles. The van der Waals surface area contributed by atoms with Crippen molar-refractivity contribution in [2.75, 3.05) is 11.9 Å². The number of imide groups is 1. The number of primary sulfonamides is 1. The Balaban J connectivity index is 1.66. The average molecular weight is 496 g/mol. The molecule has 2 aromatic rings. The van der Waals surface area contributed by atoms with E-state index in [2.05, 4.69) is 21.2 Å². The minimum absolute atomic E-state index is 0.0977. The summed E-state index contributed by atoms with van der Waals surface area (Å²) in [4.78, 5) is 37.8. The van der Waals surface area contributed by atoms with Gasteiger partial charge < -0.3 is 5.32 Å². The summed E-state index contributed by atoms with van der Waals surface area (Å²) in [6.07, 6.45) is 1.58. The SMILES string of the molecule is NS(=O)(=O)c1ccc(NC(=O)CN2C(=O)SC(=Cc3ccc(Br)cc3)C2=O)cc1. The van der Waals surface area contributed by atoms with Crippen molar-refractivity contribution in [1.82, 2.24) is 4.90 Å². The van der Waals surface area contributed by atoms with Gasteiger partial charge in [0.2, 0.25) is 15.9 Å². The lowest BCUT2D eigenvalue weighted by molar-refractivity contribution is -0.127. The number of amides is 3. The lowest BCUT2D eigenvalue weighted by Gasteiger charge is -2.12. The van der Waals surface area contributed by atoms with Gasteiger partial charge in [-0.05, 0) is 59.8 Å². The van der Waals surface area contributed by atoms with Gasteiger partial charge in [-0.3, -0.25) is 19.3 Å². The Kier molecular flexibility index (Phi) is 6.22. The molecular weight excluding hydrogens is 482 g/mol. The first-order valence-electron chi connectivity index (χ1n) is 8.07. The third-order valence-corrected chi connectivity index (χ3v) is 6.17. The summed E-state index contributed by atoms with van der Waals surface area (Å²) in [5, 5.41) is 6.98. The van der Waals surface area contributed by atoms with Crippen molar-refractivity contribution >= 4 is 66.5 Å². The van der Waals surface area contributed by atoms with Crippen molar-refractivity contribution in [3.05, 3.63) is 63.5 Å². The zero-order chi connectivity index (χ0) is 21.2. The van der Waals surface area contributed by atoms with Gasteiger partial charge in [-0.15, -0.1) is 0 Å². The molecule has 1 fully saturated rings. The molecule has 3 N–H and O–H groups in total.